The van der Waals surface area contributed by atoms with Crippen LogP contribution in [-0.4, -0.2) is 18.5 Å². The number of ether oxygens (including phenoxy) is 1. The van der Waals surface area contributed by atoms with Crippen LogP contribution in [-0.2, 0) is 9.53 Å². The van der Waals surface area contributed by atoms with Gasteiger partial charge in [0.15, 0.2) is 0 Å². The monoisotopic (exact) mass is 295 g/mol. The molecule has 0 spiro atoms. The number of nitrogens with one attached hydrogen (secondary N) is 1. The zero-order valence-electron chi connectivity index (χ0n) is 11.4. The van der Waals surface area contributed by atoms with Gasteiger partial charge in [0.1, 0.15) is 0 Å². The standard InChI is InChI=1S/C15H18ClNO3/c1-2-20-15(19)12-9-11(7-8-13(12)16)17-14(18)10-5-3-4-6-10/h7-10H,2-6H2,1H3,(H,17,18). The highest BCUT2D eigenvalue weighted by molar-refractivity contribution is 6.33. The lowest BCUT2D eigenvalue weighted by Gasteiger charge is -2.12. The molecule has 1 aliphatic carbocycles. The van der Waals surface area contributed by atoms with E-state index < -0.39 is 5.97 Å². The van der Waals surface area contributed by atoms with Crippen LogP contribution in [0.2, 0.25) is 5.02 Å². The third-order valence-electron chi connectivity index (χ3n) is 3.46. The molecular weight excluding hydrogens is 278 g/mol. The Morgan fingerprint density at radius 3 is 2.70 bits per heavy atom. The summed E-state index contributed by atoms with van der Waals surface area (Å²) in [7, 11) is 0. The molecule has 2 rings (SSSR count). The largest absolute Gasteiger partial charge is 0.462 e. The molecule has 0 heterocycles. The second-order valence-electron chi connectivity index (χ2n) is 4.89. The van der Waals surface area contributed by atoms with Crippen molar-refractivity contribution in [2.75, 3.05) is 11.9 Å². The average molecular weight is 296 g/mol. The minimum Gasteiger partial charge on any atom is -0.462 e. The summed E-state index contributed by atoms with van der Waals surface area (Å²) < 4.78 is 4.93. The molecule has 0 unspecified atom stereocenters. The maximum absolute atomic E-state index is 12.0. The summed E-state index contributed by atoms with van der Waals surface area (Å²) in [6, 6.07) is 4.85. The first-order chi connectivity index (χ1) is 9.61. The number of hydrogen-bond donors (Lipinski definition) is 1. The van der Waals surface area contributed by atoms with E-state index in [-0.39, 0.29) is 24.0 Å². The highest BCUT2D eigenvalue weighted by Gasteiger charge is 2.23. The summed E-state index contributed by atoms with van der Waals surface area (Å²) >= 11 is 5.98. The lowest BCUT2D eigenvalue weighted by molar-refractivity contribution is -0.119. The van der Waals surface area contributed by atoms with Crippen LogP contribution in [0.15, 0.2) is 18.2 Å². The maximum Gasteiger partial charge on any atom is 0.339 e. The van der Waals surface area contributed by atoms with Crippen molar-refractivity contribution < 1.29 is 14.3 Å². The predicted molar refractivity (Wildman–Crippen MR) is 78.0 cm³/mol. The molecule has 0 aromatic heterocycles. The van der Waals surface area contributed by atoms with Crippen molar-refractivity contribution in [2.45, 2.75) is 32.6 Å². The van der Waals surface area contributed by atoms with Crippen LogP contribution in [0.4, 0.5) is 5.69 Å². The van der Waals surface area contributed by atoms with Gasteiger partial charge in [-0.1, -0.05) is 24.4 Å². The van der Waals surface area contributed by atoms with Crippen LogP contribution in [0, 0.1) is 5.92 Å². The number of amides is 1. The van der Waals surface area contributed by atoms with Crippen LogP contribution < -0.4 is 5.32 Å². The number of benzene rings is 1. The molecule has 0 atom stereocenters. The van der Waals surface area contributed by atoms with Crippen molar-refractivity contribution in [1.82, 2.24) is 0 Å². The Balaban J connectivity index is 2.10. The molecule has 1 fully saturated rings. The maximum atomic E-state index is 12.0. The third kappa shape index (κ3) is 3.51. The van der Waals surface area contributed by atoms with Gasteiger partial charge in [0.05, 0.1) is 17.2 Å². The average Bonchev–Trinajstić information content (AvgIpc) is 2.95. The van der Waals surface area contributed by atoms with E-state index in [9.17, 15) is 9.59 Å². The minimum absolute atomic E-state index is 0.0135. The van der Waals surface area contributed by atoms with Gasteiger partial charge in [-0.3, -0.25) is 4.79 Å². The van der Waals surface area contributed by atoms with Gasteiger partial charge >= 0.3 is 5.97 Å². The topological polar surface area (TPSA) is 55.4 Å². The quantitative estimate of drug-likeness (QED) is 0.863. The lowest BCUT2D eigenvalue weighted by atomic mass is 10.1. The summed E-state index contributed by atoms with van der Waals surface area (Å²) in [4.78, 5) is 23.8. The van der Waals surface area contributed by atoms with E-state index in [1.165, 1.54) is 0 Å². The number of anilines is 1. The summed E-state index contributed by atoms with van der Waals surface area (Å²) in [5, 5.41) is 3.16. The van der Waals surface area contributed by atoms with Crippen LogP contribution in [0.5, 0.6) is 0 Å². The fourth-order valence-corrected chi connectivity index (χ4v) is 2.60. The lowest BCUT2D eigenvalue weighted by Crippen LogP contribution is -2.20. The Hall–Kier alpha value is -1.55. The molecule has 1 aliphatic rings. The van der Waals surface area contributed by atoms with Gasteiger partial charge in [-0.2, -0.15) is 0 Å². The fourth-order valence-electron chi connectivity index (χ4n) is 2.40. The van der Waals surface area contributed by atoms with Gasteiger partial charge in [0.2, 0.25) is 5.91 Å². The number of halogens is 1. The van der Waals surface area contributed by atoms with Gasteiger partial charge in [0, 0.05) is 11.6 Å². The first-order valence-electron chi connectivity index (χ1n) is 6.89. The van der Waals surface area contributed by atoms with E-state index in [0.717, 1.165) is 25.7 Å². The van der Waals surface area contributed by atoms with E-state index in [2.05, 4.69) is 5.32 Å². The molecule has 1 N–H and O–H groups in total. The molecule has 4 nitrogen and oxygen atoms in total. The van der Waals surface area contributed by atoms with E-state index >= 15 is 0 Å². The zero-order chi connectivity index (χ0) is 14.5. The van der Waals surface area contributed by atoms with Crippen molar-refractivity contribution in [3.8, 4) is 0 Å². The first kappa shape index (κ1) is 14.9. The van der Waals surface area contributed by atoms with Crippen LogP contribution >= 0.6 is 11.6 Å². The minimum atomic E-state index is -0.477. The van der Waals surface area contributed by atoms with Crippen LogP contribution in [0.1, 0.15) is 43.0 Å². The third-order valence-corrected chi connectivity index (χ3v) is 3.78. The Morgan fingerprint density at radius 2 is 2.05 bits per heavy atom. The summed E-state index contributed by atoms with van der Waals surface area (Å²) in [6.07, 6.45) is 4.08. The summed E-state index contributed by atoms with van der Waals surface area (Å²) in [5.74, 6) is -0.384. The molecule has 5 heteroatoms. The second kappa shape index (κ2) is 6.75. The Kier molecular flexibility index (Phi) is 5.01. The number of rotatable bonds is 4. The Labute approximate surface area is 123 Å². The molecule has 0 aliphatic heterocycles. The van der Waals surface area contributed by atoms with Gasteiger partial charge < -0.3 is 10.1 Å². The first-order valence-corrected chi connectivity index (χ1v) is 7.27. The summed E-state index contributed by atoms with van der Waals surface area (Å²) in [6.45, 7) is 2.02. The van der Waals surface area contributed by atoms with Gasteiger partial charge in [-0.25, -0.2) is 4.79 Å². The molecule has 0 bridgehead atoms. The fraction of sp³-hybridized carbons (Fsp3) is 0.467. The van der Waals surface area contributed by atoms with Gasteiger partial charge in [0.25, 0.3) is 0 Å². The predicted octanol–water partition coefficient (Wildman–Crippen LogP) is 3.65. The SMILES string of the molecule is CCOC(=O)c1cc(NC(=O)C2CCCC2)ccc1Cl. The van der Waals surface area contributed by atoms with Crippen molar-refractivity contribution in [3.63, 3.8) is 0 Å². The molecule has 1 saturated carbocycles. The number of carbonyl (C=O) groups is 2. The van der Waals surface area contributed by atoms with Crippen molar-refractivity contribution >= 4 is 29.2 Å². The highest BCUT2D eigenvalue weighted by Crippen LogP contribution is 2.27. The van der Waals surface area contributed by atoms with Gasteiger partial charge in [-0.15, -0.1) is 0 Å². The smallest absolute Gasteiger partial charge is 0.339 e. The molecule has 108 valence electrons. The van der Waals surface area contributed by atoms with Gasteiger partial charge in [-0.05, 0) is 38.0 Å². The normalized spacial score (nSPS) is 15.1. The van der Waals surface area contributed by atoms with Crippen molar-refractivity contribution in [3.05, 3.63) is 28.8 Å². The molecule has 1 amide bonds. The molecule has 0 saturated heterocycles. The molecule has 1 aromatic carbocycles. The number of hydrogen-bond acceptors (Lipinski definition) is 3. The number of esters is 1. The highest BCUT2D eigenvalue weighted by atomic mass is 35.5. The van der Waals surface area contributed by atoms with E-state index in [1.54, 1.807) is 25.1 Å². The van der Waals surface area contributed by atoms with E-state index in [4.69, 9.17) is 16.3 Å². The molecular formula is C15H18ClNO3. The van der Waals surface area contributed by atoms with Crippen LogP contribution in [0.25, 0.3) is 0 Å². The Bertz CT molecular complexity index is 510. The molecule has 1 aromatic rings. The molecule has 20 heavy (non-hydrogen) atoms. The van der Waals surface area contributed by atoms with Crippen molar-refractivity contribution in [2.24, 2.45) is 5.92 Å². The molecule has 0 radical (unpaired) electrons. The van der Waals surface area contributed by atoms with E-state index in [1.807, 2.05) is 0 Å². The summed E-state index contributed by atoms with van der Waals surface area (Å²) in [5.41, 5.74) is 0.854. The zero-order valence-corrected chi connectivity index (χ0v) is 12.2. The van der Waals surface area contributed by atoms with Crippen molar-refractivity contribution in [1.29, 1.82) is 0 Å². The second-order valence-corrected chi connectivity index (χ2v) is 5.29. The number of carbonyl (C=O) groups excluding carboxylic acids is 2. The van der Waals surface area contributed by atoms with E-state index in [0.29, 0.717) is 10.7 Å². The Morgan fingerprint density at radius 1 is 1.35 bits per heavy atom. The van der Waals surface area contributed by atoms with Crippen LogP contribution in [0.3, 0.4) is 0 Å².